The molecule has 2 rings (SSSR count). The zero-order chi connectivity index (χ0) is 11.5. The van der Waals surface area contributed by atoms with Crippen LogP contribution in [0, 0.1) is 6.92 Å². The molecule has 0 spiro atoms. The van der Waals surface area contributed by atoms with Crippen LogP contribution in [0.2, 0.25) is 0 Å². The highest BCUT2D eigenvalue weighted by molar-refractivity contribution is 4.98. The summed E-state index contributed by atoms with van der Waals surface area (Å²) in [5.74, 6) is 2.01. The van der Waals surface area contributed by atoms with Gasteiger partial charge in [-0.15, -0.1) is 0 Å². The predicted molar refractivity (Wildman–Crippen MR) is 51.6 cm³/mol. The second-order valence-corrected chi connectivity index (χ2v) is 3.33. The third-order valence-corrected chi connectivity index (χ3v) is 2.07. The van der Waals surface area contributed by atoms with E-state index in [0.717, 1.165) is 0 Å². The lowest BCUT2D eigenvalue weighted by Gasteiger charge is -2.00. The van der Waals surface area contributed by atoms with Crippen molar-refractivity contribution in [2.75, 3.05) is 7.11 Å². The summed E-state index contributed by atoms with van der Waals surface area (Å²) in [7, 11) is 1.58. The number of ether oxygens (including phenoxy) is 1. The minimum Gasteiger partial charge on any atom is -0.372 e. The number of rotatable bonds is 4. The van der Waals surface area contributed by atoms with Gasteiger partial charge < -0.3 is 13.8 Å². The van der Waals surface area contributed by atoms with E-state index in [4.69, 9.17) is 13.8 Å². The summed E-state index contributed by atoms with van der Waals surface area (Å²) in [6.07, 6.45) is 0.172. The van der Waals surface area contributed by atoms with Crippen molar-refractivity contribution in [2.45, 2.75) is 26.4 Å². The molecule has 0 unspecified atom stereocenters. The molecule has 0 saturated heterocycles. The first-order valence-corrected chi connectivity index (χ1v) is 4.83. The standard InChI is InChI=1S/C9H12N4O3/c1-5(14-3)9-11-8(13-16-9)4-7-10-6(2)15-12-7/h5H,4H2,1-3H3/t5-/m1/s1. The average Bonchev–Trinajstić information content (AvgIpc) is 2.87. The number of hydrogen-bond donors (Lipinski definition) is 0. The van der Waals surface area contributed by atoms with Crippen LogP contribution >= 0.6 is 0 Å². The van der Waals surface area contributed by atoms with Crippen molar-refractivity contribution < 1.29 is 13.8 Å². The lowest BCUT2D eigenvalue weighted by molar-refractivity contribution is 0.0886. The summed E-state index contributed by atoms with van der Waals surface area (Å²) in [4.78, 5) is 8.21. The summed E-state index contributed by atoms with van der Waals surface area (Å²) < 4.78 is 14.9. The van der Waals surface area contributed by atoms with E-state index in [2.05, 4.69) is 20.3 Å². The van der Waals surface area contributed by atoms with E-state index in [-0.39, 0.29) is 6.10 Å². The Kier molecular flexibility index (Phi) is 2.95. The second-order valence-electron chi connectivity index (χ2n) is 3.33. The van der Waals surface area contributed by atoms with Crippen LogP contribution in [0.15, 0.2) is 9.05 Å². The number of hydrogen-bond acceptors (Lipinski definition) is 7. The molecule has 0 radical (unpaired) electrons. The summed E-state index contributed by atoms with van der Waals surface area (Å²) >= 11 is 0. The maximum Gasteiger partial charge on any atom is 0.255 e. The van der Waals surface area contributed by atoms with E-state index >= 15 is 0 Å². The van der Waals surface area contributed by atoms with Crippen LogP contribution in [0.25, 0.3) is 0 Å². The molecule has 0 N–H and O–H groups in total. The average molecular weight is 224 g/mol. The van der Waals surface area contributed by atoms with Crippen LogP contribution < -0.4 is 0 Å². The minimum atomic E-state index is -0.215. The van der Waals surface area contributed by atoms with Gasteiger partial charge in [0.1, 0.15) is 6.10 Å². The van der Waals surface area contributed by atoms with Crippen molar-refractivity contribution >= 4 is 0 Å². The highest BCUT2D eigenvalue weighted by Gasteiger charge is 2.15. The Hall–Kier alpha value is -1.76. The third-order valence-electron chi connectivity index (χ3n) is 2.07. The molecule has 0 aliphatic rings. The predicted octanol–water partition coefficient (Wildman–Crippen LogP) is 1.06. The van der Waals surface area contributed by atoms with Crippen molar-refractivity contribution in [2.24, 2.45) is 0 Å². The van der Waals surface area contributed by atoms with Gasteiger partial charge >= 0.3 is 0 Å². The van der Waals surface area contributed by atoms with E-state index in [1.807, 2.05) is 6.92 Å². The Labute approximate surface area is 91.8 Å². The van der Waals surface area contributed by atoms with Crippen LogP contribution in [-0.4, -0.2) is 27.4 Å². The van der Waals surface area contributed by atoms with Gasteiger partial charge in [0.05, 0.1) is 6.42 Å². The van der Waals surface area contributed by atoms with Gasteiger partial charge in [-0.25, -0.2) is 0 Å². The van der Waals surface area contributed by atoms with Gasteiger partial charge in [0.2, 0.25) is 5.89 Å². The summed E-state index contributed by atoms with van der Waals surface area (Å²) in [6.45, 7) is 3.56. The van der Waals surface area contributed by atoms with Gasteiger partial charge in [0.25, 0.3) is 5.89 Å². The van der Waals surface area contributed by atoms with Gasteiger partial charge in [-0.3, -0.25) is 0 Å². The molecule has 86 valence electrons. The minimum absolute atomic E-state index is 0.215. The molecule has 0 saturated carbocycles. The summed E-state index contributed by atoms with van der Waals surface area (Å²) in [5.41, 5.74) is 0. The molecule has 0 amide bonds. The highest BCUT2D eigenvalue weighted by Crippen LogP contribution is 2.13. The van der Waals surface area contributed by atoms with E-state index in [9.17, 15) is 0 Å². The number of aryl methyl sites for hydroxylation is 1. The second kappa shape index (κ2) is 4.40. The lowest BCUT2D eigenvalue weighted by atomic mass is 10.4. The number of aromatic nitrogens is 4. The van der Waals surface area contributed by atoms with E-state index in [1.165, 1.54) is 0 Å². The largest absolute Gasteiger partial charge is 0.372 e. The van der Waals surface area contributed by atoms with Crippen molar-refractivity contribution in [3.05, 3.63) is 23.4 Å². The topological polar surface area (TPSA) is 87.1 Å². The molecule has 1 atom stereocenters. The van der Waals surface area contributed by atoms with Gasteiger partial charge in [0, 0.05) is 14.0 Å². The maximum absolute atomic E-state index is 5.06. The van der Waals surface area contributed by atoms with Crippen LogP contribution in [0.3, 0.4) is 0 Å². The van der Waals surface area contributed by atoms with Gasteiger partial charge in [-0.2, -0.15) is 9.97 Å². The van der Waals surface area contributed by atoms with Crippen LogP contribution in [0.1, 0.15) is 36.5 Å². The third kappa shape index (κ3) is 2.25. The molecule has 2 aromatic heterocycles. The zero-order valence-corrected chi connectivity index (χ0v) is 9.30. The first-order chi connectivity index (χ1) is 7.69. The Bertz CT molecular complexity index is 465. The molecule has 0 aromatic carbocycles. The fourth-order valence-corrected chi connectivity index (χ4v) is 1.16. The first kappa shape index (κ1) is 10.7. The molecular weight excluding hydrogens is 212 g/mol. The Morgan fingerprint density at radius 1 is 1.19 bits per heavy atom. The number of nitrogens with zero attached hydrogens (tertiary/aromatic N) is 4. The van der Waals surface area contributed by atoms with E-state index < -0.39 is 0 Å². The summed E-state index contributed by atoms with van der Waals surface area (Å²) in [5, 5.41) is 7.55. The normalized spacial score (nSPS) is 12.9. The van der Waals surface area contributed by atoms with Crippen LogP contribution in [0.4, 0.5) is 0 Å². The molecule has 2 heterocycles. The Morgan fingerprint density at radius 3 is 2.50 bits per heavy atom. The SMILES string of the molecule is CO[C@H](C)c1nc(Cc2noc(C)n2)no1. The number of methoxy groups -OCH3 is 1. The zero-order valence-electron chi connectivity index (χ0n) is 9.30. The van der Waals surface area contributed by atoms with Gasteiger partial charge in [0.15, 0.2) is 11.6 Å². The van der Waals surface area contributed by atoms with E-state index in [1.54, 1.807) is 14.0 Å². The molecule has 16 heavy (non-hydrogen) atoms. The molecule has 0 aliphatic carbocycles. The Morgan fingerprint density at radius 2 is 1.88 bits per heavy atom. The van der Waals surface area contributed by atoms with Crippen molar-refractivity contribution in [3.8, 4) is 0 Å². The smallest absolute Gasteiger partial charge is 0.255 e. The van der Waals surface area contributed by atoms with Crippen LogP contribution in [-0.2, 0) is 11.2 Å². The first-order valence-electron chi connectivity index (χ1n) is 4.83. The Balaban J connectivity index is 2.08. The molecule has 2 aromatic rings. The maximum atomic E-state index is 5.06. The fourth-order valence-electron chi connectivity index (χ4n) is 1.16. The quantitative estimate of drug-likeness (QED) is 0.767. The van der Waals surface area contributed by atoms with E-state index in [0.29, 0.717) is 29.9 Å². The molecule has 0 bridgehead atoms. The monoisotopic (exact) mass is 224 g/mol. The fraction of sp³-hybridized carbons (Fsp3) is 0.556. The van der Waals surface area contributed by atoms with Crippen LogP contribution in [0.5, 0.6) is 0 Å². The summed E-state index contributed by atoms with van der Waals surface area (Å²) in [6, 6.07) is 0. The van der Waals surface area contributed by atoms with Crippen molar-refractivity contribution in [3.63, 3.8) is 0 Å². The molecule has 7 nitrogen and oxygen atoms in total. The molecule has 0 aliphatic heterocycles. The lowest BCUT2D eigenvalue weighted by Crippen LogP contribution is -1.97. The molecule has 7 heteroatoms. The van der Waals surface area contributed by atoms with Gasteiger partial charge in [-0.05, 0) is 6.92 Å². The van der Waals surface area contributed by atoms with Crippen molar-refractivity contribution in [1.29, 1.82) is 0 Å². The molecule has 0 fully saturated rings. The molecular formula is C9H12N4O3. The highest BCUT2D eigenvalue weighted by atomic mass is 16.5. The van der Waals surface area contributed by atoms with Crippen molar-refractivity contribution in [1.82, 2.24) is 20.3 Å². The van der Waals surface area contributed by atoms with Gasteiger partial charge in [-0.1, -0.05) is 10.3 Å².